The van der Waals surface area contributed by atoms with Crippen molar-refractivity contribution in [3.63, 3.8) is 0 Å². The maximum Gasteiger partial charge on any atom is 0.416 e. The summed E-state index contributed by atoms with van der Waals surface area (Å²) in [5.74, 6) is -1.00. The first kappa shape index (κ1) is 17.5. The Kier molecular flexibility index (Phi) is 4.84. The third-order valence-corrected chi connectivity index (χ3v) is 5.19. The second-order valence-corrected chi connectivity index (χ2v) is 7.60. The highest BCUT2D eigenvalue weighted by atomic mass is 32.2. The summed E-state index contributed by atoms with van der Waals surface area (Å²) in [5.41, 5.74) is -0.254. The first-order valence-electron chi connectivity index (χ1n) is 6.84. The fourth-order valence-corrected chi connectivity index (χ4v) is 3.84. The van der Waals surface area contributed by atoms with Gasteiger partial charge in [0, 0.05) is 6.08 Å². The maximum atomic E-state index is 12.7. The molecule has 0 aromatic heterocycles. The molecule has 1 heterocycles. The Morgan fingerprint density at radius 1 is 1.35 bits per heavy atom. The maximum absolute atomic E-state index is 12.7. The summed E-state index contributed by atoms with van der Waals surface area (Å²) in [6.45, 7) is 1.49. The number of allylic oxidation sites excluding steroid dienone is 1. The number of carbonyl (C=O) groups is 1. The molecule has 0 aliphatic carbocycles. The monoisotopic (exact) mass is 348 g/mol. The highest BCUT2D eigenvalue weighted by molar-refractivity contribution is 7.91. The van der Waals surface area contributed by atoms with Gasteiger partial charge in [0.25, 0.3) is 0 Å². The minimum Gasteiger partial charge on any atom is -0.458 e. The Hall–Kier alpha value is -1.83. The summed E-state index contributed by atoms with van der Waals surface area (Å²) in [7, 11) is -3.17. The molecule has 23 heavy (non-hydrogen) atoms. The van der Waals surface area contributed by atoms with Gasteiger partial charge < -0.3 is 4.74 Å². The Bertz CT molecular complexity index is 735. The molecule has 1 fully saturated rings. The van der Waals surface area contributed by atoms with Crippen molar-refractivity contribution in [3.8, 4) is 0 Å². The molecule has 1 aromatic rings. The largest absolute Gasteiger partial charge is 0.458 e. The van der Waals surface area contributed by atoms with Crippen molar-refractivity contribution in [3.05, 3.63) is 41.5 Å². The lowest BCUT2D eigenvalue weighted by Crippen LogP contribution is -2.18. The van der Waals surface area contributed by atoms with E-state index in [2.05, 4.69) is 0 Å². The Morgan fingerprint density at radius 2 is 2.04 bits per heavy atom. The van der Waals surface area contributed by atoms with Crippen molar-refractivity contribution in [1.29, 1.82) is 0 Å². The van der Waals surface area contributed by atoms with E-state index in [-0.39, 0.29) is 23.5 Å². The number of sulfone groups is 1. The zero-order valence-electron chi connectivity index (χ0n) is 12.3. The predicted octanol–water partition coefficient (Wildman–Crippen LogP) is 2.84. The number of benzene rings is 1. The molecule has 1 unspecified atom stereocenters. The lowest BCUT2D eigenvalue weighted by molar-refractivity contribution is -0.141. The molecule has 4 nitrogen and oxygen atoms in total. The van der Waals surface area contributed by atoms with E-state index in [9.17, 15) is 26.4 Å². The van der Waals surface area contributed by atoms with Gasteiger partial charge in [0.05, 0.1) is 17.1 Å². The molecule has 0 spiro atoms. The summed E-state index contributed by atoms with van der Waals surface area (Å²) in [6.07, 6.45) is -3.85. The van der Waals surface area contributed by atoms with Crippen molar-refractivity contribution in [2.24, 2.45) is 0 Å². The van der Waals surface area contributed by atoms with Crippen LogP contribution in [0.1, 0.15) is 24.5 Å². The van der Waals surface area contributed by atoms with Gasteiger partial charge >= 0.3 is 12.1 Å². The fraction of sp³-hybridized carbons (Fsp3) is 0.400. The Balaban J connectivity index is 2.09. The molecule has 1 aliphatic heterocycles. The lowest BCUT2D eigenvalue weighted by Gasteiger charge is -2.10. The number of hydrogen-bond donors (Lipinski definition) is 0. The number of rotatable bonds is 3. The molecule has 1 aliphatic rings. The number of alkyl halides is 3. The Morgan fingerprint density at radius 3 is 2.61 bits per heavy atom. The lowest BCUT2D eigenvalue weighted by atomic mass is 10.0. The van der Waals surface area contributed by atoms with Crippen LogP contribution in [0.25, 0.3) is 5.57 Å². The summed E-state index contributed by atoms with van der Waals surface area (Å²) in [6, 6.07) is 4.59. The molecule has 8 heteroatoms. The minimum atomic E-state index is -4.46. The number of esters is 1. The molecule has 0 radical (unpaired) electrons. The zero-order valence-corrected chi connectivity index (χ0v) is 13.1. The molecule has 1 saturated heterocycles. The quantitative estimate of drug-likeness (QED) is 0.623. The number of hydrogen-bond acceptors (Lipinski definition) is 4. The smallest absolute Gasteiger partial charge is 0.416 e. The van der Waals surface area contributed by atoms with Crippen LogP contribution in [0.2, 0.25) is 0 Å². The first-order chi connectivity index (χ1) is 10.6. The van der Waals surface area contributed by atoms with Gasteiger partial charge in [-0.2, -0.15) is 13.2 Å². The first-order valence-corrected chi connectivity index (χ1v) is 8.66. The molecular formula is C15H15F3O4S. The van der Waals surface area contributed by atoms with Gasteiger partial charge in [-0.15, -0.1) is 0 Å². The number of carbonyl (C=O) groups excluding carboxylic acids is 1. The molecule has 0 bridgehead atoms. The average molecular weight is 348 g/mol. The number of ether oxygens (including phenoxy) is 1. The second-order valence-electron chi connectivity index (χ2n) is 5.37. The molecule has 1 atom stereocenters. The van der Waals surface area contributed by atoms with Gasteiger partial charge in [-0.05, 0) is 36.6 Å². The van der Waals surface area contributed by atoms with Gasteiger partial charge in [-0.1, -0.05) is 12.1 Å². The molecule has 126 valence electrons. The summed E-state index contributed by atoms with van der Waals surface area (Å²) < 4.78 is 65.6. The van der Waals surface area contributed by atoms with E-state index in [4.69, 9.17) is 4.74 Å². The van der Waals surface area contributed by atoms with Gasteiger partial charge in [-0.25, -0.2) is 13.2 Å². The summed E-state index contributed by atoms with van der Waals surface area (Å²) in [4.78, 5) is 11.8. The van der Waals surface area contributed by atoms with Crippen LogP contribution in [0, 0.1) is 0 Å². The SMILES string of the molecule is CC(=CC(=O)OC1CCS(=O)(=O)C1)c1cccc(C(F)(F)F)c1. The van der Waals surface area contributed by atoms with Gasteiger partial charge in [0.1, 0.15) is 6.10 Å². The highest BCUT2D eigenvalue weighted by Gasteiger charge is 2.31. The second kappa shape index (κ2) is 6.35. The molecule has 0 saturated carbocycles. The van der Waals surface area contributed by atoms with Crippen molar-refractivity contribution in [2.75, 3.05) is 11.5 Å². The van der Waals surface area contributed by atoms with Crippen LogP contribution in [0.15, 0.2) is 30.3 Å². The van der Waals surface area contributed by atoms with Crippen molar-refractivity contribution in [2.45, 2.75) is 25.6 Å². The van der Waals surface area contributed by atoms with Crippen LogP contribution in [-0.4, -0.2) is 32.0 Å². The Labute approximate surface area is 131 Å². The highest BCUT2D eigenvalue weighted by Crippen LogP contribution is 2.31. The third-order valence-electron chi connectivity index (χ3n) is 3.45. The van der Waals surface area contributed by atoms with E-state index >= 15 is 0 Å². The van der Waals surface area contributed by atoms with E-state index in [0.717, 1.165) is 18.2 Å². The van der Waals surface area contributed by atoms with Crippen molar-refractivity contribution >= 4 is 21.4 Å². The zero-order chi connectivity index (χ0) is 17.3. The van der Waals surface area contributed by atoms with Crippen LogP contribution >= 0.6 is 0 Å². The summed E-state index contributed by atoms with van der Waals surface area (Å²) >= 11 is 0. The van der Waals surface area contributed by atoms with E-state index in [0.29, 0.717) is 5.57 Å². The van der Waals surface area contributed by atoms with Crippen LogP contribution in [-0.2, 0) is 25.5 Å². The normalized spacial score (nSPS) is 21.2. The van der Waals surface area contributed by atoms with E-state index in [1.807, 2.05) is 0 Å². The van der Waals surface area contributed by atoms with E-state index in [1.165, 1.54) is 19.1 Å². The van der Waals surface area contributed by atoms with Crippen LogP contribution in [0.5, 0.6) is 0 Å². The molecule has 1 aromatic carbocycles. The topological polar surface area (TPSA) is 60.4 Å². The summed E-state index contributed by atoms with van der Waals surface area (Å²) in [5, 5.41) is 0. The van der Waals surface area contributed by atoms with E-state index < -0.39 is 33.7 Å². The predicted molar refractivity (Wildman–Crippen MR) is 78.2 cm³/mol. The molecule has 0 amide bonds. The fourth-order valence-electron chi connectivity index (χ4n) is 2.25. The molecule has 2 rings (SSSR count). The van der Waals surface area contributed by atoms with E-state index in [1.54, 1.807) is 0 Å². The van der Waals surface area contributed by atoms with Gasteiger partial charge in [-0.3, -0.25) is 0 Å². The van der Waals surface area contributed by atoms with Gasteiger partial charge in [0.15, 0.2) is 9.84 Å². The van der Waals surface area contributed by atoms with Crippen LogP contribution in [0.4, 0.5) is 13.2 Å². The molecule has 0 N–H and O–H groups in total. The van der Waals surface area contributed by atoms with Crippen molar-refractivity contribution < 1.29 is 31.1 Å². The van der Waals surface area contributed by atoms with Crippen LogP contribution in [0.3, 0.4) is 0 Å². The van der Waals surface area contributed by atoms with Crippen LogP contribution < -0.4 is 0 Å². The van der Waals surface area contributed by atoms with Gasteiger partial charge in [0.2, 0.25) is 0 Å². The molecular weight excluding hydrogens is 333 g/mol. The standard InChI is InChI=1S/C15H15F3O4S/c1-10(11-3-2-4-12(8-11)15(16,17)18)7-14(19)22-13-5-6-23(20,21)9-13/h2-4,7-8,13H,5-6,9H2,1H3. The minimum absolute atomic E-state index is 0.0265. The van der Waals surface area contributed by atoms with Crippen molar-refractivity contribution in [1.82, 2.24) is 0 Å². The average Bonchev–Trinajstić information content (AvgIpc) is 2.76. The third kappa shape index (κ3) is 4.82. The number of halogens is 3.